The number of hydrogen-bond donors (Lipinski definition) is 3. The second-order valence-electron chi connectivity index (χ2n) is 2.18. The zero-order valence-corrected chi connectivity index (χ0v) is 6.37. The van der Waals surface area contributed by atoms with E-state index in [0.717, 1.165) is 0 Å². The molecular weight excluding hydrogens is 144 g/mol. The highest BCUT2D eigenvalue weighted by atomic mass is 16.4. The molecule has 0 saturated carbocycles. The summed E-state index contributed by atoms with van der Waals surface area (Å²) in [6.07, 6.45) is 5.03. The number of carboxylic acid groups (broad SMARTS) is 1. The van der Waals surface area contributed by atoms with Gasteiger partial charge in [0, 0.05) is 6.54 Å². The molecule has 2 atom stereocenters. The maximum atomic E-state index is 10.4. The fourth-order valence-corrected chi connectivity index (χ4v) is 0.590. The van der Waals surface area contributed by atoms with Crippen molar-refractivity contribution in [2.24, 2.45) is 5.73 Å². The van der Waals surface area contributed by atoms with Crippen LogP contribution in [-0.4, -0.2) is 29.7 Å². The molecule has 62 valence electrons. The predicted molar refractivity (Wildman–Crippen MR) is 41.9 cm³/mol. The fraction of sp³-hybridized carbons (Fsp3) is 0.571. The SMILES string of the molecule is C#CC(C)NC(CN)C(=O)O. The van der Waals surface area contributed by atoms with Crippen molar-refractivity contribution in [3.8, 4) is 12.3 Å². The van der Waals surface area contributed by atoms with E-state index >= 15 is 0 Å². The number of nitrogens with one attached hydrogen (secondary N) is 1. The second-order valence-corrected chi connectivity index (χ2v) is 2.18. The first-order chi connectivity index (χ1) is 5.11. The van der Waals surface area contributed by atoms with Crippen LogP contribution in [0.5, 0.6) is 0 Å². The maximum Gasteiger partial charge on any atom is 0.322 e. The summed E-state index contributed by atoms with van der Waals surface area (Å²) in [6, 6.07) is -1.01. The smallest absolute Gasteiger partial charge is 0.322 e. The first-order valence-electron chi connectivity index (χ1n) is 3.26. The van der Waals surface area contributed by atoms with E-state index in [4.69, 9.17) is 17.3 Å². The van der Waals surface area contributed by atoms with Crippen LogP contribution < -0.4 is 11.1 Å². The van der Waals surface area contributed by atoms with Gasteiger partial charge in [-0.25, -0.2) is 0 Å². The maximum absolute atomic E-state index is 10.4. The van der Waals surface area contributed by atoms with Gasteiger partial charge in [0.15, 0.2) is 0 Å². The Kier molecular flexibility index (Phi) is 4.27. The summed E-state index contributed by atoms with van der Waals surface area (Å²) >= 11 is 0. The van der Waals surface area contributed by atoms with Gasteiger partial charge in [0.1, 0.15) is 6.04 Å². The van der Waals surface area contributed by atoms with Crippen molar-refractivity contribution < 1.29 is 9.90 Å². The topological polar surface area (TPSA) is 75.3 Å². The van der Waals surface area contributed by atoms with Crippen LogP contribution in [0.25, 0.3) is 0 Å². The summed E-state index contributed by atoms with van der Waals surface area (Å²) in [7, 11) is 0. The van der Waals surface area contributed by atoms with Crippen molar-refractivity contribution in [1.82, 2.24) is 5.32 Å². The van der Waals surface area contributed by atoms with E-state index in [1.54, 1.807) is 6.92 Å². The average molecular weight is 156 g/mol. The minimum atomic E-state index is -0.977. The van der Waals surface area contributed by atoms with E-state index in [0.29, 0.717) is 0 Å². The molecule has 0 radical (unpaired) electrons. The lowest BCUT2D eigenvalue weighted by Gasteiger charge is -2.13. The second kappa shape index (κ2) is 4.72. The minimum Gasteiger partial charge on any atom is -0.480 e. The Morgan fingerprint density at radius 1 is 1.91 bits per heavy atom. The third-order valence-electron chi connectivity index (χ3n) is 1.23. The molecule has 0 aliphatic rings. The van der Waals surface area contributed by atoms with Gasteiger partial charge in [-0.3, -0.25) is 10.1 Å². The predicted octanol–water partition coefficient (Wildman–Crippen LogP) is -0.990. The molecule has 0 bridgehead atoms. The number of rotatable bonds is 4. The summed E-state index contributed by atoms with van der Waals surface area (Å²) in [5.41, 5.74) is 5.16. The van der Waals surface area contributed by atoms with Gasteiger partial charge in [0.05, 0.1) is 6.04 Å². The average Bonchev–Trinajstić information content (AvgIpc) is 1.99. The van der Waals surface area contributed by atoms with Crippen LogP contribution in [0.3, 0.4) is 0 Å². The monoisotopic (exact) mass is 156 g/mol. The van der Waals surface area contributed by atoms with Gasteiger partial charge in [-0.2, -0.15) is 0 Å². The van der Waals surface area contributed by atoms with E-state index in [-0.39, 0.29) is 12.6 Å². The zero-order chi connectivity index (χ0) is 8.85. The Morgan fingerprint density at radius 3 is 2.73 bits per heavy atom. The lowest BCUT2D eigenvalue weighted by Crippen LogP contribution is -2.46. The highest BCUT2D eigenvalue weighted by Crippen LogP contribution is 1.84. The Bertz CT molecular complexity index is 174. The van der Waals surface area contributed by atoms with Crippen LogP contribution in [0.15, 0.2) is 0 Å². The summed E-state index contributed by atoms with van der Waals surface area (Å²) in [5, 5.41) is 11.2. The molecule has 0 aliphatic heterocycles. The molecule has 0 aliphatic carbocycles. The van der Waals surface area contributed by atoms with Crippen LogP contribution in [-0.2, 0) is 4.79 Å². The number of nitrogens with two attached hydrogens (primary N) is 1. The number of carbonyl (C=O) groups is 1. The first kappa shape index (κ1) is 9.95. The van der Waals surface area contributed by atoms with Crippen molar-refractivity contribution in [2.75, 3.05) is 6.54 Å². The minimum absolute atomic E-state index is 0.0430. The lowest BCUT2D eigenvalue weighted by molar-refractivity contribution is -0.139. The Labute approximate surface area is 65.8 Å². The van der Waals surface area contributed by atoms with Gasteiger partial charge in [-0.15, -0.1) is 6.42 Å². The molecule has 0 amide bonds. The van der Waals surface area contributed by atoms with Crippen molar-refractivity contribution in [2.45, 2.75) is 19.0 Å². The van der Waals surface area contributed by atoms with E-state index in [1.165, 1.54) is 0 Å². The van der Waals surface area contributed by atoms with Gasteiger partial charge >= 0.3 is 5.97 Å². The van der Waals surface area contributed by atoms with Crippen LogP contribution in [0.2, 0.25) is 0 Å². The molecule has 4 N–H and O–H groups in total. The molecule has 0 fully saturated rings. The van der Waals surface area contributed by atoms with Gasteiger partial charge in [-0.05, 0) is 6.92 Å². The fourth-order valence-electron chi connectivity index (χ4n) is 0.590. The standard InChI is InChI=1S/C7H12N2O2/c1-3-5(2)9-6(4-8)7(10)11/h1,5-6,9H,4,8H2,2H3,(H,10,11). The molecule has 0 aromatic carbocycles. The largest absolute Gasteiger partial charge is 0.480 e. The molecule has 2 unspecified atom stereocenters. The normalized spacial score (nSPS) is 15.0. The highest BCUT2D eigenvalue weighted by molar-refractivity contribution is 5.73. The Morgan fingerprint density at radius 2 is 2.45 bits per heavy atom. The molecule has 4 nitrogen and oxygen atoms in total. The van der Waals surface area contributed by atoms with Crippen LogP contribution in [0.4, 0.5) is 0 Å². The van der Waals surface area contributed by atoms with Crippen molar-refractivity contribution >= 4 is 5.97 Å². The van der Waals surface area contributed by atoms with Gasteiger partial charge in [0.25, 0.3) is 0 Å². The summed E-state index contributed by atoms with van der Waals surface area (Å²) < 4.78 is 0. The highest BCUT2D eigenvalue weighted by Gasteiger charge is 2.15. The Balaban J connectivity index is 3.90. The Hall–Kier alpha value is -1.05. The lowest BCUT2D eigenvalue weighted by atomic mass is 10.2. The number of carboxylic acids is 1. The van der Waals surface area contributed by atoms with Crippen LogP contribution in [0, 0.1) is 12.3 Å². The van der Waals surface area contributed by atoms with Crippen LogP contribution >= 0.6 is 0 Å². The zero-order valence-electron chi connectivity index (χ0n) is 6.37. The number of terminal acetylenes is 1. The quantitative estimate of drug-likeness (QED) is 0.457. The van der Waals surface area contributed by atoms with Crippen molar-refractivity contribution in [1.29, 1.82) is 0 Å². The van der Waals surface area contributed by atoms with E-state index in [1.807, 2.05) is 0 Å². The van der Waals surface area contributed by atoms with Crippen molar-refractivity contribution in [3.63, 3.8) is 0 Å². The molecule has 0 aromatic heterocycles. The number of aliphatic carboxylic acids is 1. The molecule has 0 aromatic rings. The molecular formula is C7H12N2O2. The van der Waals surface area contributed by atoms with E-state index in [9.17, 15) is 4.79 Å². The van der Waals surface area contributed by atoms with E-state index in [2.05, 4.69) is 11.2 Å². The summed E-state index contributed by atoms with van der Waals surface area (Å²) in [4.78, 5) is 10.4. The molecule has 0 saturated heterocycles. The van der Waals surface area contributed by atoms with Crippen LogP contribution in [0.1, 0.15) is 6.92 Å². The van der Waals surface area contributed by atoms with Crippen molar-refractivity contribution in [3.05, 3.63) is 0 Å². The molecule has 0 heterocycles. The molecule has 0 rings (SSSR count). The molecule has 4 heteroatoms. The third-order valence-corrected chi connectivity index (χ3v) is 1.23. The third kappa shape index (κ3) is 3.61. The summed E-state index contributed by atoms with van der Waals surface area (Å²) in [5.74, 6) is 1.38. The molecule has 0 spiro atoms. The van der Waals surface area contributed by atoms with E-state index < -0.39 is 12.0 Å². The molecule has 11 heavy (non-hydrogen) atoms. The summed E-state index contributed by atoms with van der Waals surface area (Å²) in [6.45, 7) is 1.74. The number of hydrogen-bond acceptors (Lipinski definition) is 3. The first-order valence-corrected chi connectivity index (χ1v) is 3.26. The van der Waals surface area contributed by atoms with Gasteiger partial charge in [0.2, 0.25) is 0 Å². The van der Waals surface area contributed by atoms with Gasteiger partial charge in [-0.1, -0.05) is 5.92 Å². The van der Waals surface area contributed by atoms with Gasteiger partial charge < -0.3 is 10.8 Å².